The van der Waals surface area contributed by atoms with Gasteiger partial charge >= 0.3 is 0 Å². The second kappa shape index (κ2) is 10.3. The summed E-state index contributed by atoms with van der Waals surface area (Å²) in [6, 6.07) is 59.0. The van der Waals surface area contributed by atoms with Gasteiger partial charge in [0, 0.05) is 37.2 Å². The number of nitrogens with zero attached hydrogens (tertiary/aromatic N) is 1. The van der Waals surface area contributed by atoms with Crippen molar-refractivity contribution in [3.05, 3.63) is 164 Å². The number of hydrogen-bond acceptors (Lipinski definition) is 2. The van der Waals surface area contributed by atoms with Crippen molar-refractivity contribution in [2.24, 2.45) is 0 Å². The zero-order valence-corrected chi connectivity index (χ0v) is 23.8. The molecule has 42 heavy (non-hydrogen) atoms. The van der Waals surface area contributed by atoms with E-state index in [1.807, 2.05) is 11.3 Å². The Bertz CT molecular complexity index is 2160. The molecule has 0 saturated carbocycles. The molecule has 8 aromatic rings. The van der Waals surface area contributed by atoms with Crippen molar-refractivity contribution in [3.8, 4) is 22.3 Å². The van der Waals surface area contributed by atoms with E-state index in [0.717, 1.165) is 17.1 Å². The molecule has 1 aromatic heterocycles. The topological polar surface area (TPSA) is 3.24 Å². The van der Waals surface area contributed by atoms with Crippen LogP contribution in [0.3, 0.4) is 0 Å². The van der Waals surface area contributed by atoms with E-state index >= 15 is 0 Å². The molecule has 0 aliphatic heterocycles. The van der Waals surface area contributed by atoms with E-state index in [-0.39, 0.29) is 0 Å². The van der Waals surface area contributed by atoms with Crippen LogP contribution in [-0.4, -0.2) is 0 Å². The number of fused-ring (bicyclic) bond motifs is 5. The lowest BCUT2D eigenvalue weighted by molar-refractivity contribution is 1.28. The van der Waals surface area contributed by atoms with E-state index in [0.29, 0.717) is 0 Å². The summed E-state index contributed by atoms with van der Waals surface area (Å²) in [7, 11) is 0. The van der Waals surface area contributed by atoms with Gasteiger partial charge in [-0.25, -0.2) is 0 Å². The third-order valence-corrected chi connectivity index (χ3v) is 9.19. The third kappa shape index (κ3) is 4.34. The van der Waals surface area contributed by atoms with Crippen molar-refractivity contribution in [3.63, 3.8) is 0 Å². The molecule has 1 heterocycles. The van der Waals surface area contributed by atoms with Crippen LogP contribution in [0.5, 0.6) is 0 Å². The molecule has 0 aliphatic rings. The quantitative estimate of drug-likeness (QED) is 0.205. The summed E-state index contributed by atoms with van der Waals surface area (Å²) in [5.41, 5.74) is 8.30. The predicted molar refractivity (Wildman–Crippen MR) is 182 cm³/mol. The van der Waals surface area contributed by atoms with Crippen LogP contribution < -0.4 is 4.90 Å². The van der Waals surface area contributed by atoms with Gasteiger partial charge in [-0.15, -0.1) is 11.3 Å². The van der Waals surface area contributed by atoms with Crippen LogP contribution in [-0.2, 0) is 0 Å². The minimum atomic E-state index is 1.13. The molecule has 198 valence electrons. The fourth-order valence-corrected chi connectivity index (χ4v) is 7.15. The maximum absolute atomic E-state index is 2.35. The summed E-state index contributed by atoms with van der Waals surface area (Å²) < 4.78 is 2.67. The van der Waals surface area contributed by atoms with Gasteiger partial charge in [-0.05, 0) is 81.6 Å². The van der Waals surface area contributed by atoms with E-state index in [4.69, 9.17) is 0 Å². The van der Waals surface area contributed by atoms with Crippen LogP contribution in [0.25, 0.3) is 53.2 Å². The first-order valence-electron chi connectivity index (χ1n) is 14.3. The average Bonchev–Trinajstić information content (AvgIpc) is 3.45. The Kier molecular flexibility index (Phi) is 6.05. The highest BCUT2D eigenvalue weighted by Crippen LogP contribution is 2.41. The smallest absolute Gasteiger partial charge is 0.0462 e. The van der Waals surface area contributed by atoms with Crippen LogP contribution in [0.4, 0.5) is 17.1 Å². The zero-order chi connectivity index (χ0) is 27.9. The van der Waals surface area contributed by atoms with Gasteiger partial charge in [0.1, 0.15) is 0 Å². The van der Waals surface area contributed by atoms with Gasteiger partial charge < -0.3 is 4.90 Å². The molecule has 0 unspecified atom stereocenters. The van der Waals surface area contributed by atoms with Gasteiger partial charge in [-0.3, -0.25) is 0 Å². The summed E-state index contributed by atoms with van der Waals surface area (Å²) in [6.07, 6.45) is 0. The fourth-order valence-electron chi connectivity index (χ4n) is 5.99. The molecule has 0 aliphatic carbocycles. The molecule has 0 atom stereocenters. The van der Waals surface area contributed by atoms with Crippen molar-refractivity contribution >= 4 is 59.3 Å². The van der Waals surface area contributed by atoms with E-state index < -0.39 is 0 Å². The van der Waals surface area contributed by atoms with Crippen molar-refractivity contribution in [1.29, 1.82) is 0 Å². The molecule has 0 bridgehead atoms. The molecule has 0 amide bonds. The van der Waals surface area contributed by atoms with Gasteiger partial charge in [0.15, 0.2) is 0 Å². The lowest BCUT2D eigenvalue weighted by atomic mass is 10.0. The Balaban J connectivity index is 1.16. The lowest BCUT2D eigenvalue weighted by Gasteiger charge is -2.26. The SMILES string of the molecule is c1ccc(-c2ccc(N(c3ccccc3)c3ccc(-c4ccc5c(c4)sc4ccc6ccccc6c45)cc3)cc2)cc1. The zero-order valence-electron chi connectivity index (χ0n) is 22.9. The van der Waals surface area contributed by atoms with Gasteiger partial charge in [-0.1, -0.05) is 115 Å². The van der Waals surface area contributed by atoms with E-state index in [1.54, 1.807) is 0 Å². The summed E-state index contributed by atoms with van der Waals surface area (Å²) in [4.78, 5) is 2.32. The van der Waals surface area contributed by atoms with E-state index in [9.17, 15) is 0 Å². The van der Waals surface area contributed by atoms with Gasteiger partial charge in [0.2, 0.25) is 0 Å². The van der Waals surface area contributed by atoms with Crippen molar-refractivity contribution in [2.75, 3.05) is 4.90 Å². The summed E-state index contributed by atoms with van der Waals surface area (Å²) in [5, 5.41) is 5.33. The molecule has 0 saturated heterocycles. The van der Waals surface area contributed by atoms with Crippen molar-refractivity contribution < 1.29 is 0 Å². The fraction of sp³-hybridized carbons (Fsp3) is 0. The predicted octanol–water partition coefficient (Wildman–Crippen LogP) is 12.0. The van der Waals surface area contributed by atoms with Crippen LogP contribution in [0.15, 0.2) is 164 Å². The second-order valence-corrected chi connectivity index (χ2v) is 11.7. The maximum atomic E-state index is 2.35. The van der Waals surface area contributed by atoms with Crippen LogP contribution in [0.2, 0.25) is 0 Å². The molecular weight excluding hydrogens is 527 g/mol. The van der Waals surface area contributed by atoms with E-state index in [2.05, 4.69) is 169 Å². The summed E-state index contributed by atoms with van der Waals surface area (Å²) in [6.45, 7) is 0. The lowest BCUT2D eigenvalue weighted by Crippen LogP contribution is -2.09. The second-order valence-electron chi connectivity index (χ2n) is 10.6. The van der Waals surface area contributed by atoms with Crippen LogP contribution >= 0.6 is 11.3 Å². The minimum absolute atomic E-state index is 1.13. The normalized spacial score (nSPS) is 11.3. The van der Waals surface area contributed by atoms with Gasteiger partial charge in [0.25, 0.3) is 0 Å². The third-order valence-electron chi connectivity index (χ3n) is 8.07. The summed E-state index contributed by atoms with van der Waals surface area (Å²) in [5.74, 6) is 0. The first kappa shape index (κ1) is 24.6. The van der Waals surface area contributed by atoms with Gasteiger partial charge in [-0.2, -0.15) is 0 Å². The maximum Gasteiger partial charge on any atom is 0.0462 e. The Labute approximate surface area is 249 Å². The Hall–Kier alpha value is -5.18. The monoisotopic (exact) mass is 553 g/mol. The molecule has 0 radical (unpaired) electrons. The Morgan fingerprint density at radius 3 is 1.62 bits per heavy atom. The number of rotatable bonds is 5. The minimum Gasteiger partial charge on any atom is -0.311 e. The Morgan fingerprint density at radius 1 is 0.357 bits per heavy atom. The molecule has 0 N–H and O–H groups in total. The first-order valence-corrected chi connectivity index (χ1v) is 15.1. The van der Waals surface area contributed by atoms with Crippen LogP contribution in [0.1, 0.15) is 0 Å². The Morgan fingerprint density at radius 2 is 0.905 bits per heavy atom. The standard InChI is InChI=1S/C40H27NS/c1-3-9-28(10-4-1)29-15-21-34(22-16-29)41(33-12-5-2-6-13-33)35-23-17-30(18-24-35)32-19-25-37-39(27-32)42-38-26-20-31-11-7-8-14-36(31)40(37)38/h1-27H. The van der Waals surface area contributed by atoms with Crippen molar-refractivity contribution in [1.82, 2.24) is 0 Å². The van der Waals surface area contributed by atoms with Crippen LogP contribution in [0, 0.1) is 0 Å². The highest BCUT2D eigenvalue weighted by atomic mass is 32.1. The average molecular weight is 554 g/mol. The number of anilines is 3. The number of hydrogen-bond donors (Lipinski definition) is 0. The largest absolute Gasteiger partial charge is 0.311 e. The van der Waals surface area contributed by atoms with Crippen molar-refractivity contribution in [2.45, 2.75) is 0 Å². The number of benzene rings is 7. The highest BCUT2D eigenvalue weighted by molar-refractivity contribution is 7.26. The van der Waals surface area contributed by atoms with E-state index in [1.165, 1.54) is 53.2 Å². The molecule has 8 rings (SSSR count). The highest BCUT2D eigenvalue weighted by Gasteiger charge is 2.14. The molecule has 7 aromatic carbocycles. The summed E-state index contributed by atoms with van der Waals surface area (Å²) >= 11 is 1.88. The number of thiophene rings is 1. The number of para-hydroxylation sites is 1. The molecule has 0 fully saturated rings. The van der Waals surface area contributed by atoms with Gasteiger partial charge in [0.05, 0.1) is 0 Å². The molecule has 1 nitrogen and oxygen atoms in total. The molecule has 0 spiro atoms. The first-order chi connectivity index (χ1) is 20.8. The molecular formula is C40H27NS. The molecule has 2 heteroatoms.